The van der Waals surface area contributed by atoms with Crippen LogP contribution in [0, 0.1) is 5.92 Å². The highest BCUT2D eigenvalue weighted by Crippen LogP contribution is 2.37. The third kappa shape index (κ3) is 1.88. The molecule has 1 heterocycles. The van der Waals surface area contributed by atoms with Crippen LogP contribution in [0.25, 0.3) is 0 Å². The maximum absolute atomic E-state index is 11.3. The predicted molar refractivity (Wildman–Crippen MR) is 70.9 cm³/mol. The second-order valence-electron chi connectivity index (χ2n) is 5.37. The van der Waals surface area contributed by atoms with Gasteiger partial charge >= 0.3 is 5.97 Å². The van der Waals surface area contributed by atoms with Crippen molar-refractivity contribution in [1.82, 2.24) is 0 Å². The van der Waals surface area contributed by atoms with Gasteiger partial charge in [0.05, 0.1) is 5.92 Å². The summed E-state index contributed by atoms with van der Waals surface area (Å²) in [6.07, 6.45) is 5.15. The van der Waals surface area contributed by atoms with E-state index in [0.29, 0.717) is 0 Å². The summed E-state index contributed by atoms with van der Waals surface area (Å²) in [6, 6.07) is 8.65. The summed E-state index contributed by atoms with van der Waals surface area (Å²) in [5.41, 5.74) is 2.64. The van der Waals surface area contributed by atoms with Crippen LogP contribution in [0.5, 0.6) is 0 Å². The average Bonchev–Trinajstić information content (AvgIpc) is 2.87. The van der Waals surface area contributed by atoms with Crippen LogP contribution in [0.15, 0.2) is 24.3 Å². The zero-order valence-electron chi connectivity index (χ0n) is 10.5. The lowest BCUT2D eigenvalue weighted by Crippen LogP contribution is -2.43. The first-order valence-corrected chi connectivity index (χ1v) is 6.85. The Balaban J connectivity index is 1.91. The Bertz CT molecular complexity index is 458. The van der Waals surface area contributed by atoms with Crippen molar-refractivity contribution in [2.24, 2.45) is 5.92 Å². The Morgan fingerprint density at radius 1 is 1.22 bits per heavy atom. The van der Waals surface area contributed by atoms with Crippen LogP contribution >= 0.6 is 0 Å². The van der Waals surface area contributed by atoms with Gasteiger partial charge in [0.1, 0.15) is 0 Å². The van der Waals surface area contributed by atoms with Crippen molar-refractivity contribution in [1.29, 1.82) is 0 Å². The minimum absolute atomic E-state index is 0.184. The van der Waals surface area contributed by atoms with E-state index in [-0.39, 0.29) is 12.0 Å². The number of carbonyl (C=O) groups is 1. The molecule has 1 aliphatic carbocycles. The van der Waals surface area contributed by atoms with Gasteiger partial charge in [0.2, 0.25) is 0 Å². The van der Waals surface area contributed by atoms with Gasteiger partial charge in [-0.15, -0.1) is 0 Å². The van der Waals surface area contributed by atoms with Crippen LogP contribution in [0.2, 0.25) is 0 Å². The van der Waals surface area contributed by atoms with Crippen molar-refractivity contribution in [3.63, 3.8) is 0 Å². The number of benzene rings is 1. The summed E-state index contributed by atoms with van der Waals surface area (Å²) in [7, 11) is 0. The van der Waals surface area contributed by atoms with Gasteiger partial charge < -0.3 is 10.0 Å². The summed E-state index contributed by atoms with van der Waals surface area (Å²) < 4.78 is 0. The molecule has 1 aromatic carbocycles. The van der Waals surface area contributed by atoms with Crippen molar-refractivity contribution < 1.29 is 9.90 Å². The van der Waals surface area contributed by atoms with Gasteiger partial charge in [-0.2, -0.15) is 0 Å². The first-order chi connectivity index (χ1) is 8.77. The van der Waals surface area contributed by atoms with E-state index in [4.69, 9.17) is 0 Å². The van der Waals surface area contributed by atoms with Crippen molar-refractivity contribution in [3.05, 3.63) is 29.8 Å². The molecule has 1 fully saturated rings. The lowest BCUT2D eigenvalue weighted by molar-refractivity contribution is -0.141. The molecule has 1 saturated carbocycles. The van der Waals surface area contributed by atoms with E-state index >= 15 is 0 Å². The number of hydrogen-bond acceptors (Lipinski definition) is 2. The molecular weight excluding hydrogens is 226 g/mol. The van der Waals surface area contributed by atoms with Gasteiger partial charge in [-0.05, 0) is 37.3 Å². The smallest absolute Gasteiger partial charge is 0.308 e. The first kappa shape index (κ1) is 11.6. The highest BCUT2D eigenvalue weighted by Gasteiger charge is 2.38. The number of nitrogens with zero attached hydrogens (tertiary/aromatic N) is 1. The quantitative estimate of drug-likeness (QED) is 0.871. The van der Waals surface area contributed by atoms with Gasteiger partial charge in [-0.1, -0.05) is 24.6 Å². The molecule has 0 amide bonds. The van der Waals surface area contributed by atoms with Gasteiger partial charge in [0.15, 0.2) is 0 Å². The number of para-hydroxylation sites is 1. The molecule has 0 bridgehead atoms. The molecule has 18 heavy (non-hydrogen) atoms. The van der Waals surface area contributed by atoms with Crippen LogP contribution in [0.1, 0.15) is 31.2 Å². The monoisotopic (exact) mass is 245 g/mol. The molecule has 0 saturated heterocycles. The van der Waals surface area contributed by atoms with Gasteiger partial charge in [-0.25, -0.2) is 0 Å². The molecule has 1 aliphatic heterocycles. The molecule has 3 heteroatoms. The van der Waals surface area contributed by atoms with E-state index in [1.165, 1.54) is 11.3 Å². The lowest BCUT2D eigenvalue weighted by atomic mass is 9.95. The summed E-state index contributed by atoms with van der Waals surface area (Å²) in [4.78, 5) is 13.7. The Hall–Kier alpha value is -1.51. The first-order valence-electron chi connectivity index (χ1n) is 6.85. The fraction of sp³-hybridized carbons (Fsp3) is 0.533. The maximum Gasteiger partial charge on any atom is 0.308 e. The normalized spacial score (nSPS) is 27.0. The van der Waals surface area contributed by atoms with E-state index in [9.17, 15) is 9.90 Å². The number of fused-ring (bicyclic) bond motifs is 1. The van der Waals surface area contributed by atoms with Crippen LogP contribution < -0.4 is 4.90 Å². The van der Waals surface area contributed by atoms with E-state index in [1.807, 2.05) is 0 Å². The third-order valence-electron chi connectivity index (χ3n) is 4.34. The molecule has 3 rings (SSSR count). The van der Waals surface area contributed by atoms with Gasteiger partial charge in [0.25, 0.3) is 0 Å². The molecule has 0 radical (unpaired) electrons. The van der Waals surface area contributed by atoms with Crippen LogP contribution in [0.4, 0.5) is 5.69 Å². The standard InChI is InChI=1S/C15H19NO2/c17-15(18)12-7-3-9-14(12)16-10-4-6-11-5-1-2-8-13(11)16/h1-2,5,8,12,14H,3-4,6-7,9-10H2,(H,17,18). The highest BCUT2D eigenvalue weighted by molar-refractivity contribution is 5.73. The van der Waals surface area contributed by atoms with Gasteiger partial charge in [-0.3, -0.25) is 4.79 Å². The summed E-state index contributed by atoms with van der Waals surface area (Å²) in [5.74, 6) is -0.809. The summed E-state index contributed by atoms with van der Waals surface area (Å²) in [6.45, 7) is 1.01. The van der Waals surface area contributed by atoms with E-state index in [2.05, 4.69) is 29.2 Å². The molecule has 96 valence electrons. The lowest BCUT2D eigenvalue weighted by Gasteiger charge is -2.38. The topological polar surface area (TPSA) is 40.5 Å². The molecule has 1 N–H and O–H groups in total. The minimum Gasteiger partial charge on any atom is -0.481 e. The van der Waals surface area contributed by atoms with Crippen LogP contribution in [-0.4, -0.2) is 23.7 Å². The average molecular weight is 245 g/mol. The fourth-order valence-electron chi connectivity index (χ4n) is 3.51. The molecule has 2 unspecified atom stereocenters. The molecule has 0 aromatic heterocycles. The number of aliphatic carboxylic acids is 1. The predicted octanol–water partition coefficient (Wildman–Crippen LogP) is 2.69. The molecule has 2 aliphatic rings. The van der Waals surface area contributed by atoms with E-state index in [0.717, 1.165) is 38.6 Å². The van der Waals surface area contributed by atoms with E-state index < -0.39 is 5.97 Å². The van der Waals surface area contributed by atoms with E-state index in [1.54, 1.807) is 0 Å². The third-order valence-corrected chi connectivity index (χ3v) is 4.34. The van der Waals surface area contributed by atoms with Gasteiger partial charge in [0, 0.05) is 18.3 Å². The summed E-state index contributed by atoms with van der Waals surface area (Å²) >= 11 is 0. The summed E-state index contributed by atoms with van der Waals surface area (Å²) in [5, 5.41) is 9.34. The van der Waals surface area contributed by atoms with Crippen LogP contribution in [-0.2, 0) is 11.2 Å². The minimum atomic E-state index is -0.624. The molecule has 2 atom stereocenters. The largest absolute Gasteiger partial charge is 0.481 e. The Labute approximate surface area is 107 Å². The van der Waals surface area contributed by atoms with Crippen molar-refractivity contribution in [2.45, 2.75) is 38.1 Å². The number of anilines is 1. The zero-order chi connectivity index (χ0) is 12.5. The van der Waals surface area contributed by atoms with Crippen molar-refractivity contribution in [2.75, 3.05) is 11.4 Å². The maximum atomic E-state index is 11.3. The Morgan fingerprint density at radius 2 is 2.06 bits per heavy atom. The number of rotatable bonds is 2. The second kappa shape index (κ2) is 4.63. The molecule has 0 spiro atoms. The molecule has 1 aromatic rings. The second-order valence-corrected chi connectivity index (χ2v) is 5.37. The zero-order valence-corrected chi connectivity index (χ0v) is 10.5. The fourth-order valence-corrected chi connectivity index (χ4v) is 3.51. The Morgan fingerprint density at radius 3 is 2.89 bits per heavy atom. The number of hydrogen-bond donors (Lipinski definition) is 1. The highest BCUT2D eigenvalue weighted by atomic mass is 16.4. The SMILES string of the molecule is O=C(O)C1CCCC1N1CCCc2ccccc21. The molecular formula is C15H19NO2. The van der Waals surface area contributed by atoms with Crippen molar-refractivity contribution >= 4 is 11.7 Å². The van der Waals surface area contributed by atoms with Crippen molar-refractivity contribution in [3.8, 4) is 0 Å². The number of carboxylic acids is 1. The van der Waals surface area contributed by atoms with Crippen LogP contribution in [0.3, 0.4) is 0 Å². The molecule has 3 nitrogen and oxygen atoms in total. The Kier molecular flexibility index (Phi) is 2.98. The number of carboxylic acid groups (broad SMARTS) is 1. The number of aryl methyl sites for hydroxylation is 1.